The average Bonchev–Trinajstić information content (AvgIpc) is 3.21. The van der Waals surface area contributed by atoms with E-state index in [0.29, 0.717) is 23.0 Å². The molecule has 1 fully saturated rings. The summed E-state index contributed by atoms with van der Waals surface area (Å²) in [6, 6.07) is 15.5. The van der Waals surface area contributed by atoms with Crippen molar-refractivity contribution in [1.29, 1.82) is 0 Å². The lowest BCUT2D eigenvalue weighted by atomic mass is 10.0. The van der Waals surface area contributed by atoms with Crippen LogP contribution in [0, 0.1) is 0 Å². The maximum absolute atomic E-state index is 13.2. The molecule has 6 heteroatoms. The van der Waals surface area contributed by atoms with Gasteiger partial charge in [-0.1, -0.05) is 30.3 Å². The number of carbonyl (C=O) groups excluding carboxylic acids is 1. The Kier molecular flexibility index (Phi) is 5.34. The van der Waals surface area contributed by atoms with E-state index >= 15 is 0 Å². The van der Waals surface area contributed by atoms with E-state index in [4.69, 9.17) is 0 Å². The van der Waals surface area contributed by atoms with Crippen LogP contribution in [-0.4, -0.2) is 32.9 Å². The normalized spacial score (nSPS) is 16.4. The lowest BCUT2D eigenvalue weighted by molar-refractivity contribution is 0.0731. The Morgan fingerprint density at radius 2 is 1.93 bits per heavy atom. The molecule has 0 bridgehead atoms. The molecule has 2 heterocycles. The van der Waals surface area contributed by atoms with E-state index in [-0.39, 0.29) is 17.5 Å². The highest BCUT2D eigenvalue weighted by Crippen LogP contribution is 2.24. The number of hydrogen-bond acceptors (Lipinski definition) is 3. The minimum absolute atomic E-state index is 0.0389. The van der Waals surface area contributed by atoms with Crippen LogP contribution in [0.3, 0.4) is 0 Å². The van der Waals surface area contributed by atoms with Crippen molar-refractivity contribution in [2.45, 2.75) is 45.2 Å². The molecule has 2 aromatic carbocycles. The largest absolute Gasteiger partial charge is 0.336 e. The average molecular weight is 391 g/mol. The number of carbonyl (C=O) groups is 1. The molecular formula is C23H25N3O3. The fourth-order valence-corrected chi connectivity index (χ4v) is 4.22. The molecular weight excluding hydrogens is 366 g/mol. The Labute approximate surface area is 168 Å². The van der Waals surface area contributed by atoms with E-state index in [1.807, 2.05) is 23.1 Å². The molecule has 0 radical (unpaired) electrons. The molecule has 6 nitrogen and oxygen atoms in total. The minimum Gasteiger partial charge on any atom is -0.336 e. The number of H-pyrrole nitrogens is 1. The van der Waals surface area contributed by atoms with Crippen molar-refractivity contribution in [3.8, 4) is 0 Å². The number of hydrogen-bond donors (Lipinski definition) is 1. The second-order valence-electron chi connectivity index (χ2n) is 7.56. The Balaban J connectivity index is 1.57. The molecule has 4 rings (SSSR count). The standard InChI is InChI=1S/C23H25N3O3/c1-2-25-22(28)19-13-11-17(15-20(19)24-23(25)29)21(27)26-14-6-9-18(26)12-10-16-7-4-3-5-8-16/h3-5,7-8,11,13,15,18H,2,6,9-10,12,14H2,1H3,(H,24,29). The van der Waals surface area contributed by atoms with Crippen molar-refractivity contribution in [3.05, 3.63) is 80.5 Å². The number of amides is 1. The first kappa shape index (κ1) is 19.2. The van der Waals surface area contributed by atoms with Gasteiger partial charge in [0.05, 0.1) is 10.9 Å². The second-order valence-corrected chi connectivity index (χ2v) is 7.56. The first-order chi connectivity index (χ1) is 14.1. The van der Waals surface area contributed by atoms with E-state index < -0.39 is 5.69 Å². The van der Waals surface area contributed by atoms with Crippen LogP contribution >= 0.6 is 0 Å². The first-order valence-electron chi connectivity index (χ1n) is 10.2. The highest BCUT2D eigenvalue weighted by atomic mass is 16.2. The molecule has 1 aliphatic rings. The van der Waals surface area contributed by atoms with Crippen molar-refractivity contribution >= 4 is 16.8 Å². The molecule has 150 valence electrons. The van der Waals surface area contributed by atoms with Gasteiger partial charge in [-0.3, -0.25) is 14.2 Å². The van der Waals surface area contributed by atoms with E-state index in [1.54, 1.807) is 25.1 Å². The summed E-state index contributed by atoms with van der Waals surface area (Å²) in [6.45, 7) is 2.80. The van der Waals surface area contributed by atoms with Gasteiger partial charge in [0, 0.05) is 24.7 Å². The van der Waals surface area contributed by atoms with Crippen molar-refractivity contribution < 1.29 is 4.79 Å². The fourth-order valence-electron chi connectivity index (χ4n) is 4.22. The number of benzene rings is 2. The quantitative estimate of drug-likeness (QED) is 0.727. The van der Waals surface area contributed by atoms with Crippen molar-refractivity contribution in [2.24, 2.45) is 0 Å². The Morgan fingerprint density at radius 3 is 2.69 bits per heavy atom. The summed E-state index contributed by atoms with van der Waals surface area (Å²) in [7, 11) is 0. The van der Waals surface area contributed by atoms with E-state index in [9.17, 15) is 14.4 Å². The summed E-state index contributed by atoms with van der Waals surface area (Å²) in [5, 5.41) is 0.421. The summed E-state index contributed by atoms with van der Waals surface area (Å²) in [6.07, 6.45) is 3.87. The first-order valence-corrected chi connectivity index (χ1v) is 10.2. The third kappa shape index (κ3) is 3.75. The number of nitrogens with zero attached hydrogens (tertiary/aromatic N) is 2. The zero-order valence-electron chi connectivity index (χ0n) is 16.6. The molecule has 1 aromatic heterocycles. The van der Waals surface area contributed by atoms with Gasteiger partial charge in [-0.15, -0.1) is 0 Å². The topological polar surface area (TPSA) is 75.2 Å². The van der Waals surface area contributed by atoms with Crippen LogP contribution in [0.2, 0.25) is 0 Å². The van der Waals surface area contributed by atoms with Gasteiger partial charge in [0.15, 0.2) is 0 Å². The van der Waals surface area contributed by atoms with E-state index in [2.05, 4.69) is 17.1 Å². The van der Waals surface area contributed by atoms with Crippen LogP contribution in [0.5, 0.6) is 0 Å². The van der Waals surface area contributed by atoms with Crippen LogP contribution in [0.1, 0.15) is 42.1 Å². The smallest absolute Gasteiger partial charge is 0.328 e. The maximum Gasteiger partial charge on any atom is 0.328 e. The Morgan fingerprint density at radius 1 is 1.14 bits per heavy atom. The van der Waals surface area contributed by atoms with Gasteiger partial charge in [0.2, 0.25) is 0 Å². The lowest BCUT2D eigenvalue weighted by Gasteiger charge is -2.25. The van der Waals surface area contributed by atoms with Crippen molar-refractivity contribution in [3.63, 3.8) is 0 Å². The number of aromatic amines is 1. The van der Waals surface area contributed by atoms with E-state index in [0.717, 1.165) is 36.8 Å². The molecule has 29 heavy (non-hydrogen) atoms. The number of likely N-dealkylation sites (tertiary alicyclic amines) is 1. The molecule has 0 aliphatic carbocycles. The molecule has 3 aromatic rings. The molecule has 1 N–H and O–H groups in total. The summed E-state index contributed by atoms with van der Waals surface area (Å²) >= 11 is 0. The highest BCUT2D eigenvalue weighted by Gasteiger charge is 2.29. The SMILES string of the molecule is CCn1c(=O)[nH]c2cc(C(=O)N3CCCC3CCc3ccccc3)ccc2c1=O. The zero-order chi connectivity index (χ0) is 20.4. The predicted molar refractivity (Wildman–Crippen MR) is 113 cm³/mol. The number of rotatable bonds is 5. The fraction of sp³-hybridized carbons (Fsp3) is 0.348. The number of aryl methyl sites for hydroxylation is 1. The summed E-state index contributed by atoms with van der Waals surface area (Å²) in [4.78, 5) is 42.4. The van der Waals surface area contributed by atoms with Gasteiger partial charge in [0.25, 0.3) is 11.5 Å². The number of aromatic nitrogens is 2. The monoisotopic (exact) mass is 391 g/mol. The van der Waals surface area contributed by atoms with Gasteiger partial charge in [-0.25, -0.2) is 4.79 Å². The Bertz CT molecular complexity index is 1150. The van der Waals surface area contributed by atoms with E-state index in [1.165, 1.54) is 5.56 Å². The molecule has 1 atom stereocenters. The lowest BCUT2D eigenvalue weighted by Crippen LogP contribution is -2.36. The highest BCUT2D eigenvalue weighted by molar-refractivity contribution is 5.98. The molecule has 1 unspecified atom stereocenters. The van der Waals surface area contributed by atoms with Gasteiger partial charge in [-0.05, 0) is 56.4 Å². The van der Waals surface area contributed by atoms with Crippen LogP contribution in [0.15, 0.2) is 58.1 Å². The molecule has 1 aliphatic heterocycles. The molecule has 1 amide bonds. The summed E-state index contributed by atoms with van der Waals surface area (Å²) < 4.78 is 1.16. The Hall–Kier alpha value is -3.15. The molecule has 0 saturated carbocycles. The summed E-state index contributed by atoms with van der Waals surface area (Å²) in [5.74, 6) is -0.0389. The van der Waals surface area contributed by atoms with Crippen molar-refractivity contribution in [2.75, 3.05) is 6.54 Å². The third-order valence-corrected chi connectivity index (χ3v) is 5.79. The molecule has 1 saturated heterocycles. The van der Waals surface area contributed by atoms with Crippen molar-refractivity contribution in [1.82, 2.24) is 14.5 Å². The predicted octanol–water partition coefficient (Wildman–Crippen LogP) is 2.95. The van der Waals surface area contributed by atoms with Gasteiger partial charge in [-0.2, -0.15) is 0 Å². The van der Waals surface area contributed by atoms with Gasteiger partial charge in [0.1, 0.15) is 0 Å². The third-order valence-electron chi connectivity index (χ3n) is 5.79. The molecule has 0 spiro atoms. The summed E-state index contributed by atoms with van der Waals surface area (Å²) in [5.41, 5.74) is 1.43. The van der Waals surface area contributed by atoms with Crippen LogP contribution in [0.25, 0.3) is 10.9 Å². The number of fused-ring (bicyclic) bond motifs is 1. The zero-order valence-corrected chi connectivity index (χ0v) is 16.6. The van der Waals surface area contributed by atoms with Crippen LogP contribution < -0.4 is 11.2 Å². The van der Waals surface area contributed by atoms with Crippen LogP contribution in [-0.2, 0) is 13.0 Å². The second kappa shape index (κ2) is 8.07. The minimum atomic E-state index is -0.448. The van der Waals surface area contributed by atoms with Crippen LogP contribution in [0.4, 0.5) is 0 Å². The van der Waals surface area contributed by atoms with Gasteiger partial charge < -0.3 is 9.88 Å². The maximum atomic E-state index is 13.2. The van der Waals surface area contributed by atoms with Gasteiger partial charge >= 0.3 is 5.69 Å². The number of nitrogens with one attached hydrogen (secondary N) is 1.